The van der Waals surface area contributed by atoms with Crippen LogP contribution in [-0.4, -0.2) is 84.3 Å². The molecule has 144 valence electrons. The molecule has 26 heavy (non-hydrogen) atoms. The standard InChI is InChI=1S/C15H21N3O7S/c1-26(23,24)18(11-15(21)22)9-12-8-17(6-7-25-12)14(20)10-16-5-3-2-4-13(16)19/h2-5,12H,6-11H2,1H3,(H,21,22). The lowest BCUT2D eigenvalue weighted by Crippen LogP contribution is -2.52. The molecule has 1 aromatic heterocycles. The number of nitrogens with zero attached hydrogens (tertiary/aromatic N) is 3. The summed E-state index contributed by atoms with van der Waals surface area (Å²) < 4.78 is 31.0. The number of hydrogen-bond acceptors (Lipinski definition) is 6. The average molecular weight is 387 g/mol. The maximum absolute atomic E-state index is 12.4. The second-order valence-electron chi connectivity index (χ2n) is 5.95. The van der Waals surface area contributed by atoms with E-state index in [0.29, 0.717) is 6.54 Å². The first kappa shape index (κ1) is 20.1. The summed E-state index contributed by atoms with van der Waals surface area (Å²) in [5.41, 5.74) is -0.296. The lowest BCUT2D eigenvalue weighted by atomic mass is 10.2. The van der Waals surface area contributed by atoms with Crippen LogP contribution in [-0.2, 0) is 30.9 Å². The van der Waals surface area contributed by atoms with Crippen molar-refractivity contribution in [2.24, 2.45) is 0 Å². The average Bonchev–Trinajstić information content (AvgIpc) is 2.55. The van der Waals surface area contributed by atoms with E-state index in [0.717, 1.165) is 10.6 Å². The minimum Gasteiger partial charge on any atom is -0.480 e. The van der Waals surface area contributed by atoms with Gasteiger partial charge in [-0.05, 0) is 6.07 Å². The number of aliphatic carboxylic acids is 1. The fourth-order valence-electron chi connectivity index (χ4n) is 2.59. The molecule has 0 radical (unpaired) electrons. The van der Waals surface area contributed by atoms with Gasteiger partial charge in [0.15, 0.2) is 0 Å². The Hall–Kier alpha value is -2.24. The summed E-state index contributed by atoms with van der Waals surface area (Å²) in [4.78, 5) is 36.5. The summed E-state index contributed by atoms with van der Waals surface area (Å²) in [5, 5.41) is 8.86. The van der Waals surface area contributed by atoms with Crippen LogP contribution in [0, 0.1) is 0 Å². The molecule has 11 heteroatoms. The minimum absolute atomic E-state index is 0.117. The molecule has 1 atom stereocenters. The Morgan fingerprint density at radius 1 is 1.38 bits per heavy atom. The van der Waals surface area contributed by atoms with Crippen LogP contribution in [0.15, 0.2) is 29.2 Å². The molecular formula is C15H21N3O7S. The summed E-state index contributed by atoms with van der Waals surface area (Å²) in [6, 6.07) is 4.58. The van der Waals surface area contributed by atoms with Gasteiger partial charge in [-0.2, -0.15) is 4.31 Å². The van der Waals surface area contributed by atoms with Gasteiger partial charge in [0.1, 0.15) is 13.1 Å². The lowest BCUT2D eigenvalue weighted by Gasteiger charge is -2.35. The van der Waals surface area contributed by atoms with Gasteiger partial charge in [0.05, 0.1) is 19.0 Å². The molecule has 1 aliphatic heterocycles. The Morgan fingerprint density at radius 3 is 2.73 bits per heavy atom. The van der Waals surface area contributed by atoms with Crippen molar-refractivity contribution in [3.05, 3.63) is 34.7 Å². The van der Waals surface area contributed by atoms with E-state index in [4.69, 9.17) is 9.84 Å². The Kier molecular flexibility index (Phi) is 6.51. The normalized spacial score (nSPS) is 18.1. The monoisotopic (exact) mass is 387 g/mol. The van der Waals surface area contributed by atoms with Crippen molar-refractivity contribution in [2.45, 2.75) is 12.6 Å². The van der Waals surface area contributed by atoms with Gasteiger partial charge in [-0.1, -0.05) is 6.07 Å². The van der Waals surface area contributed by atoms with Crippen molar-refractivity contribution in [3.63, 3.8) is 0 Å². The van der Waals surface area contributed by atoms with Crippen LogP contribution < -0.4 is 5.56 Å². The summed E-state index contributed by atoms with van der Waals surface area (Å²) in [5.74, 6) is -1.57. The van der Waals surface area contributed by atoms with Crippen LogP contribution >= 0.6 is 0 Å². The van der Waals surface area contributed by atoms with E-state index in [2.05, 4.69) is 0 Å². The maximum Gasteiger partial charge on any atom is 0.318 e. The highest BCUT2D eigenvalue weighted by molar-refractivity contribution is 7.88. The molecule has 10 nitrogen and oxygen atoms in total. The maximum atomic E-state index is 12.4. The molecule has 1 N–H and O–H groups in total. The van der Waals surface area contributed by atoms with Gasteiger partial charge in [0.25, 0.3) is 5.56 Å². The smallest absolute Gasteiger partial charge is 0.318 e. The largest absolute Gasteiger partial charge is 0.480 e. The summed E-state index contributed by atoms with van der Waals surface area (Å²) in [6.45, 7) is -0.338. The van der Waals surface area contributed by atoms with Crippen LogP contribution in [0.25, 0.3) is 0 Å². The first-order valence-corrected chi connectivity index (χ1v) is 9.73. The molecule has 1 aromatic rings. The molecule has 1 unspecified atom stereocenters. The van der Waals surface area contributed by atoms with Crippen LogP contribution in [0.1, 0.15) is 0 Å². The van der Waals surface area contributed by atoms with Gasteiger partial charge >= 0.3 is 5.97 Å². The van der Waals surface area contributed by atoms with Gasteiger partial charge < -0.3 is 19.3 Å². The molecular weight excluding hydrogens is 366 g/mol. The number of aromatic nitrogens is 1. The van der Waals surface area contributed by atoms with Gasteiger partial charge in [0.2, 0.25) is 15.9 Å². The topological polar surface area (TPSA) is 126 Å². The first-order valence-electron chi connectivity index (χ1n) is 7.88. The summed E-state index contributed by atoms with van der Waals surface area (Å²) in [6.07, 6.45) is 1.79. The number of rotatable bonds is 7. The van der Waals surface area contributed by atoms with Crippen molar-refractivity contribution >= 4 is 21.9 Å². The second kappa shape index (κ2) is 8.43. The van der Waals surface area contributed by atoms with E-state index in [1.807, 2.05) is 0 Å². The van der Waals surface area contributed by atoms with Crippen molar-refractivity contribution < 1.29 is 27.9 Å². The zero-order valence-corrected chi connectivity index (χ0v) is 15.1. The number of amides is 1. The van der Waals surface area contributed by atoms with E-state index in [-0.39, 0.29) is 37.7 Å². The van der Waals surface area contributed by atoms with Crippen molar-refractivity contribution in [2.75, 3.05) is 39.0 Å². The molecule has 0 aliphatic carbocycles. The molecule has 0 saturated carbocycles. The number of morpholine rings is 1. The SMILES string of the molecule is CS(=O)(=O)N(CC(=O)O)CC1CN(C(=O)Cn2ccccc2=O)CCO1. The van der Waals surface area contributed by atoms with Gasteiger partial charge in [-0.15, -0.1) is 0 Å². The zero-order valence-electron chi connectivity index (χ0n) is 14.3. The third-order valence-electron chi connectivity index (χ3n) is 3.88. The minimum atomic E-state index is -3.73. The first-order chi connectivity index (χ1) is 12.2. The van der Waals surface area contributed by atoms with Crippen LogP contribution in [0.5, 0.6) is 0 Å². The van der Waals surface area contributed by atoms with Crippen molar-refractivity contribution in [1.29, 1.82) is 0 Å². The summed E-state index contributed by atoms with van der Waals surface area (Å²) in [7, 11) is -3.73. The number of ether oxygens (including phenoxy) is 1. The van der Waals surface area contributed by atoms with E-state index in [1.165, 1.54) is 21.7 Å². The summed E-state index contributed by atoms with van der Waals surface area (Å²) >= 11 is 0. The fourth-order valence-corrected chi connectivity index (χ4v) is 3.37. The molecule has 1 aliphatic rings. The van der Waals surface area contributed by atoms with Crippen molar-refractivity contribution in [1.82, 2.24) is 13.8 Å². The zero-order chi connectivity index (χ0) is 19.3. The molecule has 1 saturated heterocycles. The molecule has 1 amide bonds. The molecule has 2 heterocycles. The number of carboxylic acid groups (broad SMARTS) is 1. The molecule has 0 bridgehead atoms. The van der Waals surface area contributed by atoms with Gasteiger partial charge in [0, 0.05) is 31.9 Å². The predicted octanol–water partition coefficient (Wildman–Crippen LogP) is -1.58. The fraction of sp³-hybridized carbons (Fsp3) is 0.533. The highest BCUT2D eigenvalue weighted by atomic mass is 32.2. The second-order valence-corrected chi connectivity index (χ2v) is 7.93. The predicted molar refractivity (Wildman–Crippen MR) is 91.1 cm³/mol. The Morgan fingerprint density at radius 2 is 2.12 bits per heavy atom. The van der Waals surface area contributed by atoms with Gasteiger partial charge in [-0.25, -0.2) is 8.42 Å². The van der Waals surface area contributed by atoms with E-state index in [9.17, 15) is 22.8 Å². The lowest BCUT2D eigenvalue weighted by molar-refractivity contribution is -0.141. The number of carbonyl (C=O) groups excluding carboxylic acids is 1. The third-order valence-corrected chi connectivity index (χ3v) is 5.10. The Labute approximate surface area is 150 Å². The molecule has 2 rings (SSSR count). The Balaban J connectivity index is 2.01. The van der Waals surface area contributed by atoms with Gasteiger partial charge in [-0.3, -0.25) is 14.4 Å². The number of carboxylic acids is 1. The molecule has 1 fully saturated rings. The number of sulfonamides is 1. The van der Waals surface area contributed by atoms with Crippen LogP contribution in [0.3, 0.4) is 0 Å². The highest BCUT2D eigenvalue weighted by Crippen LogP contribution is 2.10. The van der Waals surface area contributed by atoms with Crippen LogP contribution in [0.2, 0.25) is 0 Å². The third kappa shape index (κ3) is 5.64. The van der Waals surface area contributed by atoms with E-state index >= 15 is 0 Å². The van der Waals surface area contributed by atoms with Crippen molar-refractivity contribution in [3.8, 4) is 0 Å². The highest BCUT2D eigenvalue weighted by Gasteiger charge is 2.29. The van der Waals surface area contributed by atoms with E-state index < -0.39 is 28.6 Å². The quantitative estimate of drug-likeness (QED) is 0.598. The molecule has 0 aromatic carbocycles. The number of pyridine rings is 1. The van der Waals surface area contributed by atoms with E-state index in [1.54, 1.807) is 12.1 Å². The number of carbonyl (C=O) groups is 2. The number of hydrogen-bond donors (Lipinski definition) is 1. The molecule has 0 spiro atoms. The van der Waals surface area contributed by atoms with Crippen LogP contribution in [0.4, 0.5) is 0 Å². The Bertz CT molecular complexity index is 821.